The molecule has 0 fully saturated rings. The highest BCUT2D eigenvalue weighted by Crippen LogP contribution is 2.17. The van der Waals surface area contributed by atoms with E-state index in [4.69, 9.17) is 30.5 Å². The van der Waals surface area contributed by atoms with Crippen LogP contribution >= 0.6 is 11.6 Å². The van der Waals surface area contributed by atoms with E-state index < -0.39 is 0 Å². The van der Waals surface area contributed by atoms with E-state index in [9.17, 15) is 0 Å². The molecule has 0 N–H and O–H groups in total. The lowest BCUT2D eigenvalue weighted by Crippen LogP contribution is -2.34. The minimum Gasteiger partial charge on any atom is -0.361 e. The molecule has 0 spiro atoms. The third-order valence-electron chi connectivity index (χ3n) is 2.96. The van der Waals surface area contributed by atoms with Crippen molar-refractivity contribution in [3.63, 3.8) is 0 Å². The summed E-state index contributed by atoms with van der Waals surface area (Å²) in [4.78, 5) is 16.3. The highest BCUT2D eigenvalue weighted by atomic mass is 35.5. The zero-order valence-electron chi connectivity index (χ0n) is 15.4. The van der Waals surface area contributed by atoms with Crippen LogP contribution in [0.5, 0.6) is 0 Å². The quantitative estimate of drug-likeness (QED) is 0.452. The van der Waals surface area contributed by atoms with Crippen LogP contribution in [0, 0.1) is 0 Å². The molecular weight excluding hydrogens is 350 g/mol. The van der Waals surface area contributed by atoms with Crippen LogP contribution in [0.2, 0.25) is 5.28 Å². The van der Waals surface area contributed by atoms with Gasteiger partial charge in [0.2, 0.25) is 17.2 Å². The molecule has 1 aromatic heterocycles. The summed E-state index contributed by atoms with van der Waals surface area (Å²) in [7, 11) is 0. The van der Waals surface area contributed by atoms with E-state index in [2.05, 4.69) is 15.0 Å². The second kappa shape index (κ2) is 13.0. The summed E-state index contributed by atoms with van der Waals surface area (Å²) in [6.07, 6.45) is 0. The van der Waals surface area contributed by atoms with E-state index >= 15 is 0 Å². The van der Waals surface area contributed by atoms with Gasteiger partial charge in [-0.3, -0.25) is 9.80 Å². The van der Waals surface area contributed by atoms with Crippen LogP contribution in [0.4, 0.5) is 11.9 Å². The molecule has 144 valence electrons. The Morgan fingerprint density at radius 2 is 0.960 bits per heavy atom. The Labute approximate surface area is 154 Å². The van der Waals surface area contributed by atoms with Crippen molar-refractivity contribution in [3.8, 4) is 0 Å². The SMILES string of the molecule is CCOCN(COCC)c1nc(Cl)nc(N(COCC)COCC)n1. The molecule has 0 aliphatic carbocycles. The molecule has 0 aliphatic heterocycles. The van der Waals surface area contributed by atoms with Gasteiger partial charge in [-0.2, -0.15) is 15.0 Å². The van der Waals surface area contributed by atoms with E-state index in [1.165, 1.54) is 0 Å². The number of anilines is 2. The first-order chi connectivity index (χ1) is 12.2. The van der Waals surface area contributed by atoms with Crippen molar-refractivity contribution < 1.29 is 18.9 Å². The molecule has 0 radical (unpaired) electrons. The standard InChI is InChI=1S/C15H28ClN5O4/c1-5-22-9-20(10-23-6-2)14-17-13(16)18-15(19-14)21(11-24-7-3)12-25-8-4/h5-12H2,1-4H3. The summed E-state index contributed by atoms with van der Waals surface area (Å²) in [6.45, 7) is 11.1. The van der Waals surface area contributed by atoms with Crippen molar-refractivity contribution in [1.29, 1.82) is 0 Å². The van der Waals surface area contributed by atoms with Gasteiger partial charge >= 0.3 is 0 Å². The second-order valence-corrected chi connectivity index (χ2v) is 5.11. The molecule has 0 bridgehead atoms. The molecule has 1 rings (SSSR count). The van der Waals surface area contributed by atoms with Gasteiger partial charge in [0.05, 0.1) is 0 Å². The molecule has 9 nitrogen and oxygen atoms in total. The average Bonchev–Trinajstić information content (AvgIpc) is 2.61. The van der Waals surface area contributed by atoms with Crippen molar-refractivity contribution in [2.75, 3.05) is 63.2 Å². The zero-order chi connectivity index (χ0) is 18.5. The van der Waals surface area contributed by atoms with Gasteiger partial charge in [-0.05, 0) is 39.3 Å². The topological polar surface area (TPSA) is 82.1 Å². The minimum absolute atomic E-state index is 0.0796. The second-order valence-electron chi connectivity index (χ2n) is 4.77. The molecule has 0 saturated heterocycles. The van der Waals surface area contributed by atoms with Gasteiger partial charge < -0.3 is 18.9 Å². The highest BCUT2D eigenvalue weighted by molar-refractivity contribution is 6.28. The number of hydrogen-bond donors (Lipinski definition) is 0. The molecule has 0 amide bonds. The summed E-state index contributed by atoms with van der Waals surface area (Å²) in [5.74, 6) is 0.741. The van der Waals surface area contributed by atoms with Crippen LogP contribution < -0.4 is 9.80 Å². The fourth-order valence-corrected chi connectivity index (χ4v) is 1.87. The summed E-state index contributed by atoms with van der Waals surface area (Å²) in [5, 5.41) is 0.0796. The van der Waals surface area contributed by atoms with Gasteiger partial charge in [0.25, 0.3) is 0 Å². The third-order valence-corrected chi connectivity index (χ3v) is 3.12. The Morgan fingerprint density at radius 3 is 1.24 bits per heavy atom. The third kappa shape index (κ3) is 8.10. The van der Waals surface area contributed by atoms with E-state index in [-0.39, 0.29) is 32.2 Å². The molecule has 1 heterocycles. The van der Waals surface area contributed by atoms with Crippen molar-refractivity contribution in [2.24, 2.45) is 0 Å². The molecule has 25 heavy (non-hydrogen) atoms. The Morgan fingerprint density at radius 1 is 0.640 bits per heavy atom. The van der Waals surface area contributed by atoms with Gasteiger partial charge in [-0.15, -0.1) is 0 Å². The van der Waals surface area contributed by atoms with Crippen LogP contribution in [-0.2, 0) is 18.9 Å². The molecule has 0 unspecified atom stereocenters. The normalized spacial score (nSPS) is 10.9. The van der Waals surface area contributed by atoms with E-state index in [0.29, 0.717) is 38.3 Å². The van der Waals surface area contributed by atoms with Crippen molar-refractivity contribution in [1.82, 2.24) is 15.0 Å². The summed E-state index contributed by atoms with van der Waals surface area (Å²) >= 11 is 6.10. The molecular formula is C15H28ClN5O4. The first kappa shape index (κ1) is 21.8. The van der Waals surface area contributed by atoms with Crippen molar-refractivity contribution in [3.05, 3.63) is 5.28 Å². The lowest BCUT2D eigenvalue weighted by Gasteiger charge is -2.25. The number of ether oxygens (including phenoxy) is 4. The lowest BCUT2D eigenvalue weighted by molar-refractivity contribution is 0.0927. The molecule has 0 aliphatic rings. The fraction of sp³-hybridized carbons (Fsp3) is 0.800. The number of aromatic nitrogens is 3. The molecule has 1 aromatic rings. The monoisotopic (exact) mass is 377 g/mol. The molecule has 0 atom stereocenters. The van der Waals surface area contributed by atoms with E-state index in [1.807, 2.05) is 27.7 Å². The number of halogens is 1. The largest absolute Gasteiger partial charge is 0.361 e. The Balaban J connectivity index is 3.02. The lowest BCUT2D eigenvalue weighted by atomic mass is 10.7. The van der Waals surface area contributed by atoms with E-state index in [0.717, 1.165) is 0 Å². The van der Waals surface area contributed by atoms with Gasteiger partial charge in [-0.1, -0.05) is 0 Å². The van der Waals surface area contributed by atoms with Crippen molar-refractivity contribution >= 4 is 23.5 Å². The zero-order valence-corrected chi connectivity index (χ0v) is 16.2. The number of rotatable bonds is 14. The number of nitrogens with zero attached hydrogens (tertiary/aromatic N) is 5. The maximum absolute atomic E-state index is 6.10. The van der Waals surface area contributed by atoms with Gasteiger partial charge in [0.1, 0.15) is 26.9 Å². The van der Waals surface area contributed by atoms with Crippen LogP contribution in [0.1, 0.15) is 27.7 Å². The highest BCUT2D eigenvalue weighted by Gasteiger charge is 2.17. The molecule has 0 saturated carbocycles. The van der Waals surface area contributed by atoms with Gasteiger partial charge in [0.15, 0.2) is 0 Å². The van der Waals surface area contributed by atoms with Crippen LogP contribution in [0.15, 0.2) is 0 Å². The van der Waals surface area contributed by atoms with Crippen LogP contribution in [0.3, 0.4) is 0 Å². The van der Waals surface area contributed by atoms with Gasteiger partial charge in [-0.25, -0.2) is 0 Å². The van der Waals surface area contributed by atoms with Gasteiger partial charge in [0, 0.05) is 26.4 Å². The Bertz CT molecular complexity index is 429. The van der Waals surface area contributed by atoms with E-state index in [1.54, 1.807) is 9.80 Å². The Hall–Kier alpha value is -1.26. The van der Waals surface area contributed by atoms with Crippen LogP contribution in [0.25, 0.3) is 0 Å². The summed E-state index contributed by atoms with van der Waals surface area (Å²) in [6, 6.07) is 0. The minimum atomic E-state index is 0.0796. The maximum Gasteiger partial charge on any atom is 0.235 e. The molecule has 0 aromatic carbocycles. The number of hydrogen-bond acceptors (Lipinski definition) is 9. The summed E-state index contributed by atoms with van der Waals surface area (Å²) < 4.78 is 21.8. The Kier molecular flexibility index (Phi) is 11.3. The first-order valence-corrected chi connectivity index (χ1v) is 8.76. The fourth-order valence-electron chi connectivity index (χ4n) is 1.72. The van der Waals surface area contributed by atoms with Crippen LogP contribution in [-0.4, -0.2) is 68.3 Å². The molecule has 10 heteroatoms. The smallest absolute Gasteiger partial charge is 0.235 e. The predicted octanol–water partition coefficient (Wildman–Crippen LogP) is 2.11. The summed E-state index contributed by atoms with van der Waals surface area (Å²) in [5.41, 5.74) is 0. The van der Waals surface area contributed by atoms with Crippen molar-refractivity contribution in [2.45, 2.75) is 27.7 Å². The predicted molar refractivity (Wildman–Crippen MR) is 95.8 cm³/mol. The maximum atomic E-state index is 6.10. The average molecular weight is 378 g/mol. The first-order valence-electron chi connectivity index (χ1n) is 8.38.